The monoisotopic (exact) mass is 465 g/mol. The van der Waals surface area contributed by atoms with Crippen LogP contribution in [-0.4, -0.2) is 57.5 Å². The average Bonchev–Trinajstić information content (AvgIpc) is 3.25. The molecular formula is C25H31N5O2S. The molecule has 0 N–H and O–H groups in total. The second-order valence-corrected chi connectivity index (χ2v) is 9.11. The van der Waals surface area contributed by atoms with Gasteiger partial charge in [-0.25, -0.2) is 0 Å². The first-order chi connectivity index (χ1) is 16.0. The fourth-order valence-electron chi connectivity index (χ4n) is 3.87. The average molecular weight is 466 g/mol. The Labute approximate surface area is 199 Å². The normalized spacial score (nSPS) is 13.9. The van der Waals surface area contributed by atoms with Crippen LogP contribution in [0.15, 0.2) is 53.7 Å². The zero-order chi connectivity index (χ0) is 23.2. The fraction of sp³-hybridized carbons (Fsp3) is 0.400. The maximum Gasteiger partial charge on any atom is 0.233 e. The number of hydrogen-bond acceptors (Lipinski definition) is 6. The number of ether oxygens (including phenoxy) is 1. The molecule has 0 spiro atoms. The smallest absolute Gasteiger partial charge is 0.233 e. The van der Waals surface area contributed by atoms with Crippen molar-refractivity contribution in [3.63, 3.8) is 0 Å². The number of para-hydroxylation sites is 1. The van der Waals surface area contributed by atoms with E-state index in [0.29, 0.717) is 12.4 Å². The number of rotatable bonds is 8. The zero-order valence-electron chi connectivity index (χ0n) is 19.5. The predicted octanol–water partition coefficient (Wildman–Crippen LogP) is 3.93. The van der Waals surface area contributed by atoms with Crippen molar-refractivity contribution in [3.05, 3.63) is 65.5 Å². The molecule has 1 fully saturated rings. The van der Waals surface area contributed by atoms with Gasteiger partial charge >= 0.3 is 0 Å². The van der Waals surface area contributed by atoms with E-state index in [1.54, 1.807) is 0 Å². The number of carbonyl (C=O) groups is 1. The van der Waals surface area contributed by atoms with Crippen molar-refractivity contribution in [1.82, 2.24) is 19.7 Å². The molecule has 0 saturated carbocycles. The van der Waals surface area contributed by atoms with E-state index in [1.165, 1.54) is 28.6 Å². The summed E-state index contributed by atoms with van der Waals surface area (Å²) in [6.07, 6.45) is 0. The van der Waals surface area contributed by atoms with Gasteiger partial charge < -0.3 is 19.1 Å². The van der Waals surface area contributed by atoms with Gasteiger partial charge in [-0.05, 0) is 56.2 Å². The van der Waals surface area contributed by atoms with E-state index in [-0.39, 0.29) is 5.91 Å². The highest BCUT2D eigenvalue weighted by atomic mass is 32.2. The van der Waals surface area contributed by atoms with Crippen molar-refractivity contribution < 1.29 is 9.53 Å². The van der Waals surface area contributed by atoms with E-state index in [4.69, 9.17) is 4.74 Å². The summed E-state index contributed by atoms with van der Waals surface area (Å²) in [7, 11) is 0. The maximum atomic E-state index is 12.8. The van der Waals surface area contributed by atoms with Gasteiger partial charge in [-0.3, -0.25) is 4.79 Å². The van der Waals surface area contributed by atoms with Gasteiger partial charge in [-0.15, -0.1) is 10.2 Å². The van der Waals surface area contributed by atoms with Crippen molar-refractivity contribution in [3.8, 4) is 5.75 Å². The highest BCUT2D eigenvalue weighted by molar-refractivity contribution is 7.99. The molecule has 0 radical (unpaired) electrons. The van der Waals surface area contributed by atoms with E-state index in [0.717, 1.165) is 49.5 Å². The van der Waals surface area contributed by atoms with Crippen molar-refractivity contribution in [2.45, 2.75) is 39.1 Å². The molecule has 0 unspecified atom stereocenters. The van der Waals surface area contributed by atoms with Crippen LogP contribution < -0.4 is 9.64 Å². The summed E-state index contributed by atoms with van der Waals surface area (Å²) in [5.74, 6) is 2.10. The van der Waals surface area contributed by atoms with Gasteiger partial charge in [0.15, 0.2) is 11.0 Å². The largest absolute Gasteiger partial charge is 0.486 e. The summed E-state index contributed by atoms with van der Waals surface area (Å²) < 4.78 is 7.96. The predicted molar refractivity (Wildman–Crippen MR) is 132 cm³/mol. The van der Waals surface area contributed by atoms with E-state index >= 15 is 0 Å². The molecule has 33 heavy (non-hydrogen) atoms. The summed E-state index contributed by atoms with van der Waals surface area (Å²) in [6.45, 7) is 10.5. The Balaban J connectivity index is 1.29. The van der Waals surface area contributed by atoms with Crippen LogP contribution in [0.4, 0.5) is 5.69 Å². The lowest BCUT2D eigenvalue weighted by molar-refractivity contribution is -0.128. The first kappa shape index (κ1) is 23.2. The number of piperazine rings is 1. The molecule has 2 aromatic carbocycles. The zero-order valence-corrected chi connectivity index (χ0v) is 20.3. The van der Waals surface area contributed by atoms with Crippen LogP contribution in [0.5, 0.6) is 5.75 Å². The third-order valence-corrected chi connectivity index (χ3v) is 6.99. The van der Waals surface area contributed by atoms with Crippen LogP contribution in [-0.2, 0) is 17.9 Å². The van der Waals surface area contributed by atoms with Crippen molar-refractivity contribution in [2.75, 3.05) is 36.8 Å². The highest BCUT2D eigenvalue weighted by Crippen LogP contribution is 2.21. The van der Waals surface area contributed by atoms with Crippen LogP contribution >= 0.6 is 11.8 Å². The number of thioether (sulfide) groups is 1. The minimum atomic E-state index is 0.145. The third-order valence-electron chi connectivity index (χ3n) is 6.03. The number of hydrogen-bond donors (Lipinski definition) is 0. The topological polar surface area (TPSA) is 63.5 Å². The molecule has 174 valence electrons. The number of aryl methyl sites for hydroxylation is 2. The van der Waals surface area contributed by atoms with E-state index in [9.17, 15) is 4.79 Å². The van der Waals surface area contributed by atoms with Gasteiger partial charge in [0.2, 0.25) is 5.91 Å². The van der Waals surface area contributed by atoms with Crippen LogP contribution in [0.2, 0.25) is 0 Å². The Morgan fingerprint density at radius 2 is 1.76 bits per heavy atom. The Bertz CT molecular complexity index is 1080. The minimum Gasteiger partial charge on any atom is -0.486 e. The molecule has 7 nitrogen and oxygen atoms in total. The third kappa shape index (κ3) is 5.68. The molecule has 1 saturated heterocycles. The number of amides is 1. The van der Waals surface area contributed by atoms with E-state index in [1.807, 2.05) is 27.7 Å². The second-order valence-electron chi connectivity index (χ2n) is 8.17. The molecule has 1 amide bonds. The van der Waals surface area contributed by atoms with Gasteiger partial charge in [0.25, 0.3) is 0 Å². The molecule has 0 atom stereocenters. The number of anilines is 1. The van der Waals surface area contributed by atoms with Gasteiger partial charge in [0.1, 0.15) is 12.4 Å². The van der Waals surface area contributed by atoms with Crippen molar-refractivity contribution >= 4 is 23.4 Å². The second kappa shape index (κ2) is 10.7. The Morgan fingerprint density at radius 1 is 1.00 bits per heavy atom. The summed E-state index contributed by atoms with van der Waals surface area (Å²) in [5.41, 5.74) is 3.65. The van der Waals surface area contributed by atoms with Gasteiger partial charge in [0.05, 0.1) is 5.75 Å². The SMILES string of the molecule is CCn1c(COc2ccc(C)c(C)c2)nnc1SCC(=O)N1CCN(c2ccccc2)CC1. The first-order valence-corrected chi connectivity index (χ1v) is 12.4. The molecule has 4 rings (SSSR count). The van der Waals surface area contributed by atoms with Crippen LogP contribution in [0.3, 0.4) is 0 Å². The molecule has 1 aliphatic rings. The molecule has 0 bridgehead atoms. The number of aromatic nitrogens is 3. The summed E-state index contributed by atoms with van der Waals surface area (Å²) in [4.78, 5) is 17.1. The standard InChI is InChI=1S/C25H31N5O2S/c1-4-30-23(17-32-22-11-10-19(2)20(3)16-22)26-27-25(30)33-18-24(31)29-14-12-28(13-15-29)21-8-6-5-7-9-21/h5-11,16H,4,12-15,17-18H2,1-3H3. The first-order valence-electron chi connectivity index (χ1n) is 11.4. The van der Waals surface area contributed by atoms with Crippen molar-refractivity contribution in [2.24, 2.45) is 0 Å². The summed E-state index contributed by atoms with van der Waals surface area (Å²) in [6, 6.07) is 16.4. The fourth-order valence-corrected chi connectivity index (χ4v) is 4.80. The Hall–Kier alpha value is -3.00. The molecule has 0 aliphatic carbocycles. The maximum absolute atomic E-state index is 12.8. The van der Waals surface area contributed by atoms with Gasteiger partial charge in [-0.1, -0.05) is 36.0 Å². The molecular weight excluding hydrogens is 434 g/mol. The lowest BCUT2D eigenvalue weighted by Crippen LogP contribution is -2.49. The van der Waals surface area contributed by atoms with Crippen LogP contribution in [0.25, 0.3) is 0 Å². The molecule has 1 aromatic heterocycles. The highest BCUT2D eigenvalue weighted by Gasteiger charge is 2.22. The Kier molecular flexibility index (Phi) is 7.54. The number of carbonyl (C=O) groups excluding carboxylic acids is 1. The lowest BCUT2D eigenvalue weighted by atomic mass is 10.1. The minimum absolute atomic E-state index is 0.145. The van der Waals surface area contributed by atoms with E-state index < -0.39 is 0 Å². The van der Waals surface area contributed by atoms with Gasteiger partial charge in [-0.2, -0.15) is 0 Å². The quantitative estimate of drug-likeness (QED) is 0.470. The number of nitrogens with zero attached hydrogens (tertiary/aromatic N) is 5. The molecule has 1 aliphatic heterocycles. The van der Waals surface area contributed by atoms with E-state index in [2.05, 4.69) is 66.2 Å². The molecule has 2 heterocycles. The lowest BCUT2D eigenvalue weighted by Gasteiger charge is -2.36. The molecule has 3 aromatic rings. The van der Waals surface area contributed by atoms with Crippen LogP contribution in [0, 0.1) is 13.8 Å². The summed E-state index contributed by atoms with van der Waals surface area (Å²) in [5, 5.41) is 9.39. The van der Waals surface area contributed by atoms with Crippen molar-refractivity contribution in [1.29, 1.82) is 0 Å². The molecule has 8 heteroatoms. The summed E-state index contributed by atoms with van der Waals surface area (Å²) >= 11 is 1.45. The Morgan fingerprint density at radius 3 is 2.45 bits per heavy atom. The number of benzene rings is 2. The van der Waals surface area contributed by atoms with Crippen LogP contribution in [0.1, 0.15) is 23.9 Å². The van der Waals surface area contributed by atoms with Gasteiger partial charge in [0, 0.05) is 38.4 Å².